The number of hydrogen-bond donors (Lipinski definition) is 2. The van der Waals surface area contributed by atoms with Crippen LogP contribution in [-0.2, 0) is 14.3 Å². The van der Waals surface area contributed by atoms with Gasteiger partial charge in [-0.1, -0.05) is 17.7 Å². The summed E-state index contributed by atoms with van der Waals surface area (Å²) in [6.07, 6.45) is 1.74. The predicted molar refractivity (Wildman–Crippen MR) is 115 cm³/mol. The van der Waals surface area contributed by atoms with Crippen molar-refractivity contribution in [2.45, 2.75) is 40.5 Å². The minimum atomic E-state index is -0.639. The van der Waals surface area contributed by atoms with Crippen molar-refractivity contribution in [1.29, 1.82) is 0 Å². The summed E-state index contributed by atoms with van der Waals surface area (Å²) in [6.45, 7) is 6.97. The maximum absolute atomic E-state index is 12.6. The Labute approximate surface area is 178 Å². The smallest absolute Gasteiger partial charge is 0.341 e. The fraction of sp³-hybridized carbons (Fsp3) is 0.381. The van der Waals surface area contributed by atoms with Crippen molar-refractivity contribution in [2.75, 3.05) is 17.2 Å². The molecule has 3 rings (SSSR count). The molecule has 0 unspecified atom stereocenters. The molecule has 0 spiro atoms. The molecule has 1 aromatic heterocycles. The molecule has 2 N–H and O–H groups in total. The maximum atomic E-state index is 12.6. The molecule has 0 saturated heterocycles. The minimum Gasteiger partial charge on any atom is -0.452 e. The van der Waals surface area contributed by atoms with Crippen LogP contribution in [0.4, 0.5) is 10.7 Å². The lowest BCUT2D eigenvalue weighted by Gasteiger charge is -2.12. The number of carbonyl (C=O) groups excluding carboxylic acids is 3. The highest BCUT2D eigenvalue weighted by Gasteiger charge is 2.31. The molecule has 1 saturated carbocycles. The summed E-state index contributed by atoms with van der Waals surface area (Å²) in [5.74, 6) is -1.18. The Hall–Kier alpha value is -2.38. The van der Waals surface area contributed by atoms with Gasteiger partial charge in [0, 0.05) is 10.8 Å². The average molecular weight is 435 g/mol. The summed E-state index contributed by atoms with van der Waals surface area (Å²) in [6, 6.07) is 3.66. The van der Waals surface area contributed by atoms with Crippen LogP contribution in [0.15, 0.2) is 12.1 Å². The number of aryl methyl sites for hydroxylation is 3. The van der Waals surface area contributed by atoms with E-state index >= 15 is 0 Å². The number of nitrogens with one attached hydrogen (secondary N) is 2. The fourth-order valence-electron chi connectivity index (χ4n) is 2.97. The monoisotopic (exact) mass is 434 g/mol. The van der Waals surface area contributed by atoms with Crippen molar-refractivity contribution in [3.63, 3.8) is 0 Å². The van der Waals surface area contributed by atoms with Crippen molar-refractivity contribution < 1.29 is 19.1 Å². The van der Waals surface area contributed by atoms with Crippen molar-refractivity contribution in [2.24, 2.45) is 5.92 Å². The van der Waals surface area contributed by atoms with E-state index in [0.29, 0.717) is 21.3 Å². The zero-order valence-electron chi connectivity index (χ0n) is 16.8. The van der Waals surface area contributed by atoms with Crippen LogP contribution in [0.2, 0.25) is 5.02 Å². The number of carbonyl (C=O) groups is 3. The van der Waals surface area contributed by atoms with E-state index in [1.807, 2.05) is 26.8 Å². The van der Waals surface area contributed by atoms with Crippen LogP contribution in [-0.4, -0.2) is 24.4 Å². The molecule has 154 valence electrons. The van der Waals surface area contributed by atoms with Crippen LogP contribution >= 0.6 is 22.9 Å². The lowest BCUT2D eigenvalue weighted by molar-refractivity contribution is -0.119. The molecule has 1 aliphatic carbocycles. The van der Waals surface area contributed by atoms with E-state index in [9.17, 15) is 14.4 Å². The van der Waals surface area contributed by atoms with Crippen molar-refractivity contribution in [3.05, 3.63) is 44.3 Å². The van der Waals surface area contributed by atoms with Gasteiger partial charge in [0.15, 0.2) is 6.61 Å². The number of esters is 1. The van der Waals surface area contributed by atoms with Crippen molar-refractivity contribution in [3.8, 4) is 0 Å². The van der Waals surface area contributed by atoms with Gasteiger partial charge in [-0.15, -0.1) is 11.3 Å². The van der Waals surface area contributed by atoms with Gasteiger partial charge in [-0.3, -0.25) is 9.59 Å². The summed E-state index contributed by atoms with van der Waals surface area (Å²) < 4.78 is 5.22. The predicted octanol–water partition coefficient (Wildman–Crippen LogP) is 4.78. The van der Waals surface area contributed by atoms with Crippen LogP contribution in [0.5, 0.6) is 0 Å². The van der Waals surface area contributed by atoms with E-state index in [0.717, 1.165) is 34.4 Å². The number of thiophene rings is 1. The number of benzene rings is 1. The lowest BCUT2D eigenvalue weighted by Crippen LogP contribution is -2.22. The molecule has 2 amide bonds. The first-order chi connectivity index (χ1) is 13.7. The Kier molecular flexibility index (Phi) is 6.29. The lowest BCUT2D eigenvalue weighted by atomic mass is 10.1. The Bertz CT molecular complexity index is 972. The molecule has 0 atom stereocenters. The van der Waals surface area contributed by atoms with E-state index in [1.165, 1.54) is 11.3 Å². The van der Waals surface area contributed by atoms with E-state index in [-0.39, 0.29) is 11.8 Å². The first-order valence-electron chi connectivity index (χ1n) is 9.32. The summed E-state index contributed by atoms with van der Waals surface area (Å²) in [5.41, 5.74) is 3.35. The zero-order chi connectivity index (χ0) is 21.3. The van der Waals surface area contributed by atoms with Gasteiger partial charge in [-0.25, -0.2) is 4.79 Å². The third-order valence-corrected chi connectivity index (χ3v) is 6.23. The molecule has 6 nitrogen and oxygen atoms in total. The zero-order valence-corrected chi connectivity index (χ0v) is 18.3. The molecule has 1 heterocycles. The second kappa shape index (κ2) is 8.55. The molecule has 0 aliphatic heterocycles. The SMILES string of the molecule is Cc1cc(C)c(NC(=O)COC(=O)c2c(NC(=O)C3CC3)sc(C)c2C)c(Cl)c1. The van der Waals surface area contributed by atoms with Gasteiger partial charge in [0.2, 0.25) is 5.91 Å². The number of rotatable bonds is 6. The highest BCUT2D eigenvalue weighted by atomic mass is 35.5. The molecule has 0 radical (unpaired) electrons. The average Bonchev–Trinajstić information content (AvgIpc) is 3.44. The second-order valence-electron chi connectivity index (χ2n) is 7.31. The van der Waals surface area contributed by atoms with Gasteiger partial charge < -0.3 is 15.4 Å². The summed E-state index contributed by atoms with van der Waals surface area (Å²) >= 11 is 7.53. The summed E-state index contributed by atoms with van der Waals surface area (Å²) in [5, 5.41) is 6.41. The van der Waals surface area contributed by atoms with E-state index in [4.69, 9.17) is 16.3 Å². The topological polar surface area (TPSA) is 84.5 Å². The fourth-order valence-corrected chi connectivity index (χ4v) is 4.39. The van der Waals surface area contributed by atoms with Crippen LogP contribution in [0.3, 0.4) is 0 Å². The first-order valence-corrected chi connectivity index (χ1v) is 10.5. The Morgan fingerprint density at radius 2 is 1.83 bits per heavy atom. The number of hydrogen-bond acceptors (Lipinski definition) is 5. The van der Waals surface area contributed by atoms with Gasteiger partial charge in [0.05, 0.1) is 16.3 Å². The molecule has 2 aromatic rings. The highest BCUT2D eigenvalue weighted by molar-refractivity contribution is 7.16. The third-order valence-electron chi connectivity index (χ3n) is 4.80. The Morgan fingerprint density at radius 1 is 1.14 bits per heavy atom. The van der Waals surface area contributed by atoms with Crippen molar-refractivity contribution in [1.82, 2.24) is 0 Å². The van der Waals surface area contributed by atoms with E-state index < -0.39 is 18.5 Å². The highest BCUT2D eigenvalue weighted by Crippen LogP contribution is 2.36. The van der Waals surface area contributed by atoms with Gasteiger partial charge in [0.25, 0.3) is 5.91 Å². The molecule has 1 aliphatic rings. The first kappa shape index (κ1) is 21.3. The van der Waals surface area contributed by atoms with Crippen molar-refractivity contribution >= 4 is 51.4 Å². The molecule has 29 heavy (non-hydrogen) atoms. The molecule has 1 fully saturated rings. The molecular formula is C21H23ClN2O4S. The van der Waals surface area contributed by atoms with Gasteiger partial charge >= 0.3 is 5.97 Å². The number of anilines is 2. The number of ether oxygens (including phenoxy) is 1. The number of halogens is 1. The van der Waals surface area contributed by atoms with Crippen LogP contribution in [0.1, 0.15) is 44.8 Å². The van der Waals surface area contributed by atoms with Gasteiger partial charge in [-0.05, 0) is 63.3 Å². The summed E-state index contributed by atoms with van der Waals surface area (Å²) in [7, 11) is 0. The molecule has 1 aromatic carbocycles. The second-order valence-corrected chi connectivity index (χ2v) is 8.95. The van der Waals surface area contributed by atoms with E-state index in [1.54, 1.807) is 13.0 Å². The number of amides is 2. The Balaban J connectivity index is 1.66. The third kappa shape index (κ3) is 4.97. The largest absolute Gasteiger partial charge is 0.452 e. The normalized spacial score (nSPS) is 13.1. The quantitative estimate of drug-likeness (QED) is 0.641. The Morgan fingerprint density at radius 3 is 2.45 bits per heavy atom. The minimum absolute atomic E-state index is 0.0230. The maximum Gasteiger partial charge on any atom is 0.341 e. The molecule has 8 heteroatoms. The van der Waals surface area contributed by atoms with Gasteiger partial charge in [-0.2, -0.15) is 0 Å². The molecular weight excluding hydrogens is 412 g/mol. The standard InChI is InChI=1S/C21H23ClN2O4S/c1-10-7-11(2)18(15(22)8-10)23-16(25)9-28-21(27)17-12(3)13(4)29-20(17)24-19(26)14-5-6-14/h7-8,14H,5-6,9H2,1-4H3,(H,23,25)(H,24,26). The molecule has 0 bridgehead atoms. The van der Waals surface area contributed by atoms with Gasteiger partial charge in [0.1, 0.15) is 5.00 Å². The van der Waals surface area contributed by atoms with E-state index in [2.05, 4.69) is 10.6 Å². The van der Waals surface area contributed by atoms with Crippen LogP contribution in [0.25, 0.3) is 0 Å². The van der Waals surface area contributed by atoms with Crippen LogP contribution < -0.4 is 10.6 Å². The van der Waals surface area contributed by atoms with Crippen LogP contribution in [0, 0.1) is 33.6 Å². The summed E-state index contributed by atoms with van der Waals surface area (Å²) in [4.78, 5) is 37.9.